The van der Waals surface area contributed by atoms with E-state index in [1.807, 2.05) is 59.4 Å². The topological polar surface area (TPSA) is 76.0 Å². The van der Waals surface area contributed by atoms with Crippen molar-refractivity contribution in [2.24, 2.45) is 0 Å². The number of anilines is 1. The molecule has 134 valence electrons. The van der Waals surface area contributed by atoms with Crippen LogP contribution in [0.1, 0.15) is 12.7 Å². The standard InChI is InChI=1S/C19H20N4O2S/c1-13(24)20-11-18-22-16-8-3-4-9-17(16)23(18)12-19(25)21-14-6-5-7-15(10-14)26-2/h3-10H,11-12H2,1-2H3,(H,20,24)(H,21,25). The Bertz CT molecular complexity index is 952. The molecule has 26 heavy (non-hydrogen) atoms. The van der Waals surface area contributed by atoms with Gasteiger partial charge in [0, 0.05) is 17.5 Å². The Morgan fingerprint density at radius 3 is 2.73 bits per heavy atom. The number of benzene rings is 2. The molecule has 0 fully saturated rings. The fourth-order valence-corrected chi connectivity index (χ4v) is 3.14. The summed E-state index contributed by atoms with van der Waals surface area (Å²) >= 11 is 1.62. The van der Waals surface area contributed by atoms with Gasteiger partial charge in [-0.1, -0.05) is 18.2 Å². The van der Waals surface area contributed by atoms with Gasteiger partial charge in [-0.2, -0.15) is 0 Å². The minimum Gasteiger partial charge on any atom is -0.349 e. The quantitative estimate of drug-likeness (QED) is 0.656. The third-order valence-electron chi connectivity index (χ3n) is 3.88. The number of hydrogen-bond donors (Lipinski definition) is 2. The maximum atomic E-state index is 12.6. The Balaban J connectivity index is 1.82. The zero-order valence-corrected chi connectivity index (χ0v) is 15.5. The van der Waals surface area contributed by atoms with Gasteiger partial charge in [-0.05, 0) is 36.6 Å². The number of carbonyl (C=O) groups excluding carboxylic acids is 2. The van der Waals surface area contributed by atoms with Crippen LogP contribution in [0, 0.1) is 0 Å². The molecule has 2 amide bonds. The Hall–Kier alpha value is -2.80. The second-order valence-corrected chi connectivity index (χ2v) is 6.67. The molecule has 0 aliphatic carbocycles. The zero-order chi connectivity index (χ0) is 18.5. The largest absolute Gasteiger partial charge is 0.349 e. The number of fused-ring (bicyclic) bond motifs is 1. The van der Waals surface area contributed by atoms with Crippen LogP contribution in [0.4, 0.5) is 5.69 Å². The Morgan fingerprint density at radius 1 is 1.15 bits per heavy atom. The summed E-state index contributed by atoms with van der Waals surface area (Å²) in [4.78, 5) is 29.4. The molecule has 0 bridgehead atoms. The van der Waals surface area contributed by atoms with E-state index in [0.29, 0.717) is 5.82 Å². The fraction of sp³-hybridized carbons (Fsp3) is 0.211. The van der Waals surface area contributed by atoms with Crippen LogP contribution in [0.2, 0.25) is 0 Å². The van der Waals surface area contributed by atoms with Gasteiger partial charge in [-0.25, -0.2) is 4.98 Å². The second-order valence-electron chi connectivity index (χ2n) is 5.79. The van der Waals surface area contributed by atoms with Crippen molar-refractivity contribution >= 4 is 40.3 Å². The summed E-state index contributed by atoms with van der Waals surface area (Å²) in [6, 6.07) is 15.3. The van der Waals surface area contributed by atoms with Gasteiger partial charge in [-0.3, -0.25) is 9.59 Å². The van der Waals surface area contributed by atoms with E-state index in [9.17, 15) is 9.59 Å². The van der Waals surface area contributed by atoms with E-state index in [2.05, 4.69) is 15.6 Å². The Labute approximate surface area is 156 Å². The summed E-state index contributed by atoms with van der Waals surface area (Å²) in [5.41, 5.74) is 2.42. The lowest BCUT2D eigenvalue weighted by Gasteiger charge is -2.11. The molecule has 0 spiro atoms. The molecular formula is C19H20N4O2S. The number of imidazole rings is 1. The monoisotopic (exact) mass is 368 g/mol. The smallest absolute Gasteiger partial charge is 0.244 e. The summed E-state index contributed by atoms with van der Waals surface area (Å²) in [7, 11) is 0. The van der Waals surface area contributed by atoms with Crippen LogP contribution in [0.3, 0.4) is 0 Å². The van der Waals surface area contributed by atoms with E-state index in [1.165, 1.54) is 6.92 Å². The average Bonchev–Trinajstić information content (AvgIpc) is 2.97. The third kappa shape index (κ3) is 4.23. The molecule has 0 atom stereocenters. The molecule has 6 nitrogen and oxygen atoms in total. The van der Waals surface area contributed by atoms with Crippen molar-refractivity contribution in [1.82, 2.24) is 14.9 Å². The lowest BCUT2D eigenvalue weighted by atomic mass is 10.3. The Kier molecular flexibility index (Phi) is 5.58. The molecule has 1 heterocycles. The van der Waals surface area contributed by atoms with Crippen LogP contribution in [0.5, 0.6) is 0 Å². The summed E-state index contributed by atoms with van der Waals surface area (Å²) < 4.78 is 1.83. The molecule has 1 aromatic heterocycles. The van der Waals surface area contributed by atoms with Crippen LogP contribution >= 0.6 is 11.8 Å². The molecule has 2 aromatic carbocycles. The van der Waals surface area contributed by atoms with Gasteiger partial charge in [0.05, 0.1) is 17.6 Å². The summed E-state index contributed by atoms with van der Waals surface area (Å²) in [5, 5.41) is 5.67. The first-order chi connectivity index (χ1) is 12.6. The average molecular weight is 368 g/mol. The normalized spacial score (nSPS) is 10.7. The molecule has 3 rings (SSSR count). The van der Waals surface area contributed by atoms with Gasteiger partial charge in [0.1, 0.15) is 12.4 Å². The molecule has 0 aliphatic heterocycles. The van der Waals surface area contributed by atoms with Crippen molar-refractivity contribution < 1.29 is 9.59 Å². The number of nitrogens with zero attached hydrogens (tertiary/aromatic N) is 2. The van der Waals surface area contributed by atoms with E-state index in [-0.39, 0.29) is 24.9 Å². The third-order valence-corrected chi connectivity index (χ3v) is 4.61. The fourth-order valence-electron chi connectivity index (χ4n) is 2.69. The van der Waals surface area contributed by atoms with Gasteiger partial charge < -0.3 is 15.2 Å². The summed E-state index contributed by atoms with van der Waals surface area (Å²) in [6.07, 6.45) is 1.99. The summed E-state index contributed by atoms with van der Waals surface area (Å²) in [5.74, 6) is 0.367. The molecule has 0 aliphatic rings. The van der Waals surface area contributed by atoms with Crippen LogP contribution in [-0.4, -0.2) is 27.6 Å². The molecular weight excluding hydrogens is 348 g/mol. The number of aromatic nitrogens is 2. The lowest BCUT2D eigenvalue weighted by Crippen LogP contribution is -2.24. The highest BCUT2D eigenvalue weighted by Gasteiger charge is 2.14. The van der Waals surface area contributed by atoms with Crippen molar-refractivity contribution in [3.63, 3.8) is 0 Å². The first-order valence-electron chi connectivity index (χ1n) is 8.19. The summed E-state index contributed by atoms with van der Waals surface area (Å²) in [6.45, 7) is 1.86. The minimum atomic E-state index is -0.143. The predicted molar refractivity (Wildman–Crippen MR) is 104 cm³/mol. The van der Waals surface area contributed by atoms with Gasteiger partial charge in [0.25, 0.3) is 0 Å². The SMILES string of the molecule is CSc1cccc(NC(=O)Cn2c(CNC(C)=O)nc3ccccc32)c1. The van der Waals surface area contributed by atoms with Crippen LogP contribution in [0.15, 0.2) is 53.4 Å². The zero-order valence-electron chi connectivity index (χ0n) is 14.7. The number of amides is 2. The van der Waals surface area contributed by atoms with Crippen LogP contribution in [-0.2, 0) is 22.7 Å². The number of para-hydroxylation sites is 2. The van der Waals surface area contributed by atoms with E-state index in [1.54, 1.807) is 11.8 Å². The number of thioether (sulfide) groups is 1. The van der Waals surface area contributed by atoms with Crippen molar-refractivity contribution in [3.8, 4) is 0 Å². The highest BCUT2D eigenvalue weighted by molar-refractivity contribution is 7.98. The molecule has 0 radical (unpaired) electrons. The number of hydrogen-bond acceptors (Lipinski definition) is 4. The second kappa shape index (κ2) is 8.05. The van der Waals surface area contributed by atoms with Crippen molar-refractivity contribution in [2.75, 3.05) is 11.6 Å². The number of rotatable bonds is 6. The first-order valence-corrected chi connectivity index (χ1v) is 9.42. The van der Waals surface area contributed by atoms with E-state index < -0.39 is 0 Å². The van der Waals surface area contributed by atoms with E-state index in [0.717, 1.165) is 21.6 Å². The highest BCUT2D eigenvalue weighted by Crippen LogP contribution is 2.20. The van der Waals surface area contributed by atoms with Crippen molar-refractivity contribution in [1.29, 1.82) is 0 Å². The maximum absolute atomic E-state index is 12.6. The number of carbonyl (C=O) groups is 2. The van der Waals surface area contributed by atoms with E-state index >= 15 is 0 Å². The van der Waals surface area contributed by atoms with Crippen molar-refractivity contribution in [2.45, 2.75) is 24.9 Å². The van der Waals surface area contributed by atoms with Crippen LogP contribution in [0.25, 0.3) is 11.0 Å². The van der Waals surface area contributed by atoms with Gasteiger partial charge in [0.15, 0.2) is 0 Å². The molecule has 3 aromatic rings. The molecule has 7 heteroatoms. The first kappa shape index (κ1) is 18.0. The number of nitrogens with one attached hydrogen (secondary N) is 2. The Morgan fingerprint density at radius 2 is 1.96 bits per heavy atom. The van der Waals surface area contributed by atoms with Crippen molar-refractivity contribution in [3.05, 3.63) is 54.4 Å². The molecule has 2 N–H and O–H groups in total. The van der Waals surface area contributed by atoms with Gasteiger partial charge >= 0.3 is 0 Å². The van der Waals surface area contributed by atoms with E-state index in [4.69, 9.17) is 0 Å². The maximum Gasteiger partial charge on any atom is 0.244 e. The molecule has 0 saturated carbocycles. The highest BCUT2D eigenvalue weighted by atomic mass is 32.2. The minimum absolute atomic E-state index is 0.124. The van der Waals surface area contributed by atoms with Gasteiger partial charge in [-0.15, -0.1) is 11.8 Å². The lowest BCUT2D eigenvalue weighted by molar-refractivity contribution is -0.119. The van der Waals surface area contributed by atoms with Gasteiger partial charge in [0.2, 0.25) is 11.8 Å². The van der Waals surface area contributed by atoms with Crippen LogP contribution < -0.4 is 10.6 Å². The molecule has 0 saturated heterocycles. The molecule has 0 unspecified atom stereocenters. The predicted octanol–water partition coefficient (Wildman–Crippen LogP) is 3.03.